The summed E-state index contributed by atoms with van der Waals surface area (Å²) < 4.78 is 16.7. The second-order valence-corrected chi connectivity index (χ2v) is 15.4. The van der Waals surface area contributed by atoms with Gasteiger partial charge in [0.1, 0.15) is 13.2 Å². The summed E-state index contributed by atoms with van der Waals surface area (Å²) in [5, 5.41) is 0. The maximum absolute atomic E-state index is 12.8. The molecule has 1 atom stereocenters. The number of carbonyl (C=O) groups is 3. The fourth-order valence-electron chi connectivity index (χ4n) is 6.03. The Balaban J connectivity index is 4.49. The summed E-state index contributed by atoms with van der Waals surface area (Å²) in [5.74, 6) is -0.980. The number of rotatable bonds is 41. The molecule has 0 aliphatic carbocycles. The van der Waals surface area contributed by atoms with Crippen molar-refractivity contribution in [3.8, 4) is 0 Å². The third-order valence-corrected chi connectivity index (χ3v) is 9.61. The van der Waals surface area contributed by atoms with Gasteiger partial charge in [-0.1, -0.05) is 194 Å². The topological polar surface area (TPSA) is 78.9 Å². The summed E-state index contributed by atoms with van der Waals surface area (Å²) in [7, 11) is 0. The van der Waals surface area contributed by atoms with Crippen LogP contribution in [-0.4, -0.2) is 37.2 Å². The van der Waals surface area contributed by atoms with E-state index in [1.54, 1.807) is 0 Å². The standard InChI is InChI=1S/C54H86O6/c1-4-7-10-13-16-19-22-24-26-28-29-32-35-38-41-44-47-53(56)59-50-51(49-58-52(55)46-43-40-37-34-31-21-18-15-12-9-6-3)60-54(57)48-45-42-39-36-33-30-27-25-23-20-17-14-11-8-5-2/h7-8,10-11,14-21,23-27,31,51H,4-6,9,12-13,22,28-30,32-50H2,1-3H3/b10-7-,11-8-,17-14-,18-15-,19-16-,23-20-,26-24-,27-25-,31-21-. The molecule has 60 heavy (non-hydrogen) atoms. The van der Waals surface area contributed by atoms with Crippen molar-refractivity contribution in [3.63, 3.8) is 0 Å². The van der Waals surface area contributed by atoms with E-state index < -0.39 is 6.10 Å². The number of hydrogen-bond donors (Lipinski definition) is 0. The highest BCUT2D eigenvalue weighted by molar-refractivity contribution is 5.71. The van der Waals surface area contributed by atoms with E-state index in [4.69, 9.17) is 14.2 Å². The number of hydrogen-bond acceptors (Lipinski definition) is 6. The summed E-state index contributed by atoms with van der Waals surface area (Å²) in [6.07, 6.45) is 63.5. The molecule has 6 nitrogen and oxygen atoms in total. The Kier molecular flexibility index (Phi) is 44.6. The minimum atomic E-state index is -0.807. The largest absolute Gasteiger partial charge is 0.462 e. The Labute approximate surface area is 368 Å². The van der Waals surface area contributed by atoms with Crippen LogP contribution in [0, 0.1) is 0 Å². The van der Waals surface area contributed by atoms with Crippen LogP contribution in [0.25, 0.3) is 0 Å². The number of esters is 3. The van der Waals surface area contributed by atoms with Crippen molar-refractivity contribution in [2.24, 2.45) is 0 Å². The zero-order valence-electron chi connectivity index (χ0n) is 38.4. The quantitative estimate of drug-likeness (QED) is 0.0201. The van der Waals surface area contributed by atoms with Gasteiger partial charge in [0.2, 0.25) is 0 Å². The first-order chi connectivity index (χ1) is 29.5. The second kappa shape index (κ2) is 47.7. The summed E-state index contributed by atoms with van der Waals surface area (Å²) >= 11 is 0. The van der Waals surface area contributed by atoms with E-state index >= 15 is 0 Å². The molecule has 0 aromatic carbocycles. The Morgan fingerprint density at radius 3 is 1.25 bits per heavy atom. The number of allylic oxidation sites excluding steroid dienone is 18. The molecule has 0 rings (SSSR count). The fourth-order valence-corrected chi connectivity index (χ4v) is 6.03. The van der Waals surface area contributed by atoms with Crippen LogP contribution < -0.4 is 0 Å². The second-order valence-electron chi connectivity index (χ2n) is 15.4. The van der Waals surface area contributed by atoms with E-state index in [1.165, 1.54) is 25.7 Å². The van der Waals surface area contributed by atoms with E-state index in [1.807, 2.05) is 24.3 Å². The van der Waals surface area contributed by atoms with Gasteiger partial charge in [0.15, 0.2) is 6.10 Å². The van der Waals surface area contributed by atoms with E-state index in [0.29, 0.717) is 12.8 Å². The van der Waals surface area contributed by atoms with Gasteiger partial charge in [-0.05, 0) is 89.9 Å². The van der Waals surface area contributed by atoms with Crippen molar-refractivity contribution < 1.29 is 28.6 Å². The van der Waals surface area contributed by atoms with Crippen LogP contribution >= 0.6 is 0 Å². The summed E-state index contributed by atoms with van der Waals surface area (Å²) in [4.78, 5) is 37.8. The molecule has 0 aromatic heterocycles. The zero-order valence-corrected chi connectivity index (χ0v) is 38.4. The Morgan fingerprint density at radius 2 is 0.733 bits per heavy atom. The van der Waals surface area contributed by atoms with E-state index in [9.17, 15) is 14.4 Å². The van der Waals surface area contributed by atoms with Crippen molar-refractivity contribution in [2.45, 2.75) is 200 Å². The normalized spacial score (nSPS) is 13.1. The van der Waals surface area contributed by atoms with Gasteiger partial charge in [-0.3, -0.25) is 14.4 Å². The van der Waals surface area contributed by atoms with Gasteiger partial charge in [-0.2, -0.15) is 0 Å². The SMILES string of the molecule is CC\C=C/C=C\C=C/C=C\CCCCCCCC(=O)OC(COC(=O)CCCCC/C=C\C=C/CCCC)COC(=O)CCCCCCCC/C=C\C/C=C\C/C=C\CC. The van der Waals surface area contributed by atoms with Crippen LogP contribution in [0.1, 0.15) is 194 Å². The van der Waals surface area contributed by atoms with Gasteiger partial charge < -0.3 is 14.2 Å². The molecule has 0 bridgehead atoms. The van der Waals surface area contributed by atoms with Crippen LogP contribution in [0.5, 0.6) is 0 Å². The fraction of sp³-hybridized carbons (Fsp3) is 0.611. The van der Waals surface area contributed by atoms with Crippen molar-refractivity contribution >= 4 is 17.9 Å². The first-order valence-corrected chi connectivity index (χ1v) is 24.0. The first kappa shape index (κ1) is 56.1. The lowest BCUT2D eigenvalue weighted by Crippen LogP contribution is -2.30. The first-order valence-electron chi connectivity index (χ1n) is 24.0. The van der Waals surface area contributed by atoms with Crippen LogP contribution in [0.15, 0.2) is 109 Å². The minimum Gasteiger partial charge on any atom is -0.462 e. The molecular formula is C54H86O6. The van der Waals surface area contributed by atoms with Gasteiger partial charge in [0.05, 0.1) is 0 Å². The number of unbranched alkanes of at least 4 members (excludes halogenated alkanes) is 16. The van der Waals surface area contributed by atoms with Crippen molar-refractivity contribution in [3.05, 3.63) is 109 Å². The Morgan fingerprint density at radius 1 is 0.367 bits per heavy atom. The highest BCUT2D eigenvalue weighted by atomic mass is 16.6. The molecule has 0 fully saturated rings. The third kappa shape index (κ3) is 45.2. The summed E-state index contributed by atoms with van der Waals surface area (Å²) in [6, 6.07) is 0. The molecule has 0 amide bonds. The van der Waals surface area contributed by atoms with Gasteiger partial charge in [0, 0.05) is 19.3 Å². The molecule has 6 heteroatoms. The minimum absolute atomic E-state index is 0.106. The predicted octanol–water partition coefficient (Wildman–Crippen LogP) is 15.6. The Bertz CT molecular complexity index is 1280. The average molecular weight is 831 g/mol. The molecule has 0 aromatic rings. The number of ether oxygens (including phenoxy) is 3. The van der Waals surface area contributed by atoms with E-state index in [-0.39, 0.29) is 37.5 Å². The van der Waals surface area contributed by atoms with Crippen LogP contribution in [0.2, 0.25) is 0 Å². The van der Waals surface area contributed by atoms with Gasteiger partial charge >= 0.3 is 17.9 Å². The van der Waals surface area contributed by atoms with Crippen molar-refractivity contribution in [2.75, 3.05) is 13.2 Å². The lowest BCUT2D eigenvalue weighted by molar-refractivity contribution is -0.167. The maximum Gasteiger partial charge on any atom is 0.306 e. The average Bonchev–Trinajstić information content (AvgIpc) is 3.24. The lowest BCUT2D eigenvalue weighted by atomic mass is 10.1. The highest BCUT2D eigenvalue weighted by Crippen LogP contribution is 2.13. The summed E-state index contributed by atoms with van der Waals surface area (Å²) in [5.41, 5.74) is 0. The van der Waals surface area contributed by atoms with E-state index in [2.05, 4.69) is 106 Å². The van der Waals surface area contributed by atoms with Gasteiger partial charge in [0.25, 0.3) is 0 Å². The number of carbonyl (C=O) groups excluding carboxylic acids is 3. The molecule has 0 aliphatic heterocycles. The third-order valence-electron chi connectivity index (χ3n) is 9.61. The van der Waals surface area contributed by atoms with Crippen molar-refractivity contribution in [1.29, 1.82) is 0 Å². The molecule has 338 valence electrons. The molecule has 0 aliphatic rings. The zero-order chi connectivity index (χ0) is 43.7. The molecule has 1 unspecified atom stereocenters. The van der Waals surface area contributed by atoms with E-state index in [0.717, 1.165) is 128 Å². The smallest absolute Gasteiger partial charge is 0.306 e. The maximum atomic E-state index is 12.8. The molecule has 0 heterocycles. The van der Waals surface area contributed by atoms with Gasteiger partial charge in [-0.25, -0.2) is 0 Å². The molecule has 0 N–H and O–H groups in total. The molecular weight excluding hydrogens is 745 g/mol. The van der Waals surface area contributed by atoms with Crippen LogP contribution in [0.4, 0.5) is 0 Å². The monoisotopic (exact) mass is 831 g/mol. The Hall–Kier alpha value is -3.93. The lowest BCUT2D eigenvalue weighted by Gasteiger charge is -2.18. The van der Waals surface area contributed by atoms with Gasteiger partial charge in [-0.15, -0.1) is 0 Å². The molecule has 0 saturated heterocycles. The highest BCUT2D eigenvalue weighted by Gasteiger charge is 2.19. The van der Waals surface area contributed by atoms with Crippen molar-refractivity contribution in [1.82, 2.24) is 0 Å². The molecule has 0 radical (unpaired) electrons. The predicted molar refractivity (Wildman–Crippen MR) is 256 cm³/mol. The van der Waals surface area contributed by atoms with Crippen LogP contribution in [0.3, 0.4) is 0 Å². The van der Waals surface area contributed by atoms with Crippen LogP contribution in [-0.2, 0) is 28.6 Å². The molecule has 0 saturated carbocycles. The summed E-state index contributed by atoms with van der Waals surface area (Å²) in [6.45, 7) is 6.25. The molecule has 0 spiro atoms.